The van der Waals surface area contributed by atoms with E-state index in [0.29, 0.717) is 5.56 Å². The Bertz CT molecular complexity index is 355. The van der Waals surface area contributed by atoms with Gasteiger partial charge in [-0.2, -0.15) is 0 Å². The Kier molecular flexibility index (Phi) is 3.08. The predicted octanol–water partition coefficient (Wildman–Crippen LogP) is 1.91. The van der Waals surface area contributed by atoms with Gasteiger partial charge in [-0.25, -0.2) is 9.18 Å². The number of halogens is 2. The molecule has 0 heterocycles. The Hall–Kier alpha value is -1.13. The van der Waals surface area contributed by atoms with Crippen LogP contribution in [0.25, 0.3) is 0 Å². The molecule has 0 bridgehead atoms. The zero-order valence-electron chi connectivity index (χ0n) is 7.29. The number of benzene rings is 1. The Morgan fingerprint density at radius 3 is 2.57 bits per heavy atom. The van der Waals surface area contributed by atoms with E-state index in [0.717, 1.165) is 6.07 Å². The molecule has 2 N–H and O–H groups in total. The van der Waals surface area contributed by atoms with E-state index in [2.05, 4.69) is 0 Å². The summed E-state index contributed by atoms with van der Waals surface area (Å²) in [6, 6.07) is 2.51. The molecule has 1 aromatic rings. The van der Waals surface area contributed by atoms with Gasteiger partial charge in [-0.1, -0.05) is 11.6 Å². The molecule has 0 aromatic heterocycles. The Morgan fingerprint density at radius 1 is 1.57 bits per heavy atom. The average Bonchev–Trinajstić information content (AvgIpc) is 2.01. The molecule has 76 valence electrons. The third kappa shape index (κ3) is 2.02. The molecule has 0 radical (unpaired) electrons. The molecular weight excluding hydrogens is 211 g/mol. The number of carbonyl (C=O) groups is 1. The SMILES string of the molecule is Cc1cc(F)c(C(O)C(=O)O)c(Cl)c1. The second kappa shape index (κ2) is 3.94. The number of aliphatic hydroxyl groups is 1. The molecule has 0 saturated carbocycles. The lowest BCUT2D eigenvalue weighted by molar-refractivity contribution is -0.147. The minimum atomic E-state index is -1.93. The van der Waals surface area contributed by atoms with Crippen molar-refractivity contribution in [3.63, 3.8) is 0 Å². The maximum atomic E-state index is 13.2. The van der Waals surface area contributed by atoms with Crippen molar-refractivity contribution < 1.29 is 19.4 Å². The van der Waals surface area contributed by atoms with Crippen LogP contribution in [0.5, 0.6) is 0 Å². The quantitative estimate of drug-likeness (QED) is 0.797. The van der Waals surface area contributed by atoms with E-state index in [4.69, 9.17) is 21.8 Å². The minimum absolute atomic E-state index is 0.0857. The molecule has 1 rings (SSSR count). The van der Waals surface area contributed by atoms with Crippen LogP contribution >= 0.6 is 11.6 Å². The Labute approximate surface area is 84.7 Å². The van der Waals surface area contributed by atoms with Crippen LogP contribution in [0, 0.1) is 12.7 Å². The van der Waals surface area contributed by atoms with Crippen LogP contribution in [0.1, 0.15) is 17.2 Å². The summed E-state index contributed by atoms with van der Waals surface area (Å²) in [7, 11) is 0. The van der Waals surface area contributed by atoms with E-state index in [-0.39, 0.29) is 5.02 Å². The van der Waals surface area contributed by atoms with Gasteiger partial charge in [0.15, 0.2) is 6.10 Å². The highest BCUT2D eigenvalue weighted by atomic mass is 35.5. The molecule has 1 atom stereocenters. The van der Waals surface area contributed by atoms with E-state index < -0.39 is 23.5 Å². The molecule has 14 heavy (non-hydrogen) atoms. The number of aliphatic carboxylic acids is 1. The van der Waals surface area contributed by atoms with Crippen molar-refractivity contribution in [1.29, 1.82) is 0 Å². The van der Waals surface area contributed by atoms with Crippen molar-refractivity contribution in [2.75, 3.05) is 0 Å². The van der Waals surface area contributed by atoms with Crippen molar-refractivity contribution in [3.05, 3.63) is 34.1 Å². The summed E-state index contributed by atoms with van der Waals surface area (Å²) >= 11 is 5.61. The lowest BCUT2D eigenvalue weighted by atomic mass is 10.1. The third-order valence-electron chi connectivity index (χ3n) is 1.73. The van der Waals surface area contributed by atoms with E-state index in [9.17, 15) is 9.18 Å². The molecule has 0 saturated heterocycles. The predicted molar refractivity (Wildman–Crippen MR) is 48.7 cm³/mol. The van der Waals surface area contributed by atoms with Gasteiger partial charge in [0.25, 0.3) is 0 Å². The van der Waals surface area contributed by atoms with Crippen molar-refractivity contribution in [3.8, 4) is 0 Å². The van der Waals surface area contributed by atoms with Gasteiger partial charge in [-0.15, -0.1) is 0 Å². The summed E-state index contributed by atoms with van der Waals surface area (Å²) in [5.74, 6) is -2.35. The van der Waals surface area contributed by atoms with E-state index in [1.54, 1.807) is 6.92 Å². The number of hydrogen-bond donors (Lipinski definition) is 2. The van der Waals surface area contributed by atoms with Gasteiger partial charge < -0.3 is 10.2 Å². The highest BCUT2D eigenvalue weighted by Gasteiger charge is 2.23. The van der Waals surface area contributed by atoms with Gasteiger partial charge in [-0.3, -0.25) is 0 Å². The fourth-order valence-electron chi connectivity index (χ4n) is 1.10. The topological polar surface area (TPSA) is 57.5 Å². The Morgan fingerprint density at radius 2 is 2.14 bits per heavy atom. The molecule has 1 aromatic carbocycles. The van der Waals surface area contributed by atoms with Crippen LogP contribution in [-0.2, 0) is 4.79 Å². The van der Waals surface area contributed by atoms with Gasteiger partial charge in [0.2, 0.25) is 0 Å². The van der Waals surface area contributed by atoms with E-state index in [1.807, 2.05) is 0 Å². The van der Waals surface area contributed by atoms with Crippen LogP contribution < -0.4 is 0 Å². The smallest absolute Gasteiger partial charge is 0.337 e. The highest BCUT2D eigenvalue weighted by Crippen LogP contribution is 2.27. The molecule has 0 aliphatic heterocycles. The average molecular weight is 219 g/mol. The number of carboxylic acid groups (broad SMARTS) is 1. The monoisotopic (exact) mass is 218 g/mol. The third-order valence-corrected chi connectivity index (χ3v) is 2.04. The Balaban J connectivity index is 3.27. The van der Waals surface area contributed by atoms with Crippen LogP contribution in [0.2, 0.25) is 5.02 Å². The lowest BCUT2D eigenvalue weighted by Gasteiger charge is -2.09. The van der Waals surface area contributed by atoms with Crippen LogP contribution in [0.15, 0.2) is 12.1 Å². The van der Waals surface area contributed by atoms with Crippen LogP contribution in [0.3, 0.4) is 0 Å². The fraction of sp³-hybridized carbons (Fsp3) is 0.222. The molecule has 0 spiro atoms. The minimum Gasteiger partial charge on any atom is -0.479 e. The van der Waals surface area contributed by atoms with Gasteiger partial charge >= 0.3 is 5.97 Å². The number of carboxylic acids is 1. The van der Waals surface area contributed by atoms with Crippen LogP contribution in [-0.4, -0.2) is 16.2 Å². The first-order chi connectivity index (χ1) is 6.43. The zero-order valence-corrected chi connectivity index (χ0v) is 8.05. The first kappa shape index (κ1) is 10.9. The molecule has 0 aliphatic carbocycles. The summed E-state index contributed by atoms with van der Waals surface area (Å²) in [6.07, 6.45) is -1.93. The lowest BCUT2D eigenvalue weighted by Crippen LogP contribution is -2.13. The standard InChI is InChI=1S/C9H8ClFO3/c1-4-2-5(10)7(6(11)3-4)8(12)9(13)14/h2-3,8,12H,1H3,(H,13,14). The number of rotatable bonds is 2. The maximum Gasteiger partial charge on any atom is 0.337 e. The maximum absolute atomic E-state index is 13.2. The van der Waals surface area contributed by atoms with Crippen molar-refractivity contribution in [2.45, 2.75) is 13.0 Å². The molecule has 0 fully saturated rings. The van der Waals surface area contributed by atoms with E-state index in [1.165, 1.54) is 6.07 Å². The van der Waals surface area contributed by atoms with Crippen molar-refractivity contribution >= 4 is 17.6 Å². The van der Waals surface area contributed by atoms with Gasteiger partial charge in [0, 0.05) is 5.56 Å². The van der Waals surface area contributed by atoms with Gasteiger partial charge in [0.1, 0.15) is 5.82 Å². The van der Waals surface area contributed by atoms with Gasteiger partial charge in [0.05, 0.1) is 5.02 Å². The first-order valence-corrected chi connectivity index (χ1v) is 4.17. The molecule has 5 heteroatoms. The summed E-state index contributed by atoms with van der Waals surface area (Å²) < 4.78 is 13.2. The largest absolute Gasteiger partial charge is 0.479 e. The zero-order chi connectivity index (χ0) is 10.9. The summed E-state index contributed by atoms with van der Waals surface area (Å²) in [6.45, 7) is 1.62. The molecule has 3 nitrogen and oxygen atoms in total. The molecule has 0 aliphatic rings. The van der Waals surface area contributed by atoms with Crippen molar-refractivity contribution in [1.82, 2.24) is 0 Å². The first-order valence-electron chi connectivity index (χ1n) is 3.80. The van der Waals surface area contributed by atoms with Gasteiger partial charge in [-0.05, 0) is 24.6 Å². The van der Waals surface area contributed by atoms with E-state index >= 15 is 0 Å². The second-order valence-electron chi connectivity index (χ2n) is 2.88. The number of aliphatic hydroxyl groups excluding tert-OH is 1. The summed E-state index contributed by atoms with van der Waals surface area (Å²) in [5, 5.41) is 17.5. The van der Waals surface area contributed by atoms with Crippen molar-refractivity contribution in [2.24, 2.45) is 0 Å². The second-order valence-corrected chi connectivity index (χ2v) is 3.29. The molecule has 0 amide bonds. The number of hydrogen-bond acceptors (Lipinski definition) is 2. The summed E-state index contributed by atoms with van der Waals surface area (Å²) in [4.78, 5) is 10.4. The normalized spacial score (nSPS) is 12.6. The molecule has 1 unspecified atom stereocenters. The van der Waals surface area contributed by atoms with Crippen LogP contribution in [0.4, 0.5) is 4.39 Å². The highest BCUT2D eigenvalue weighted by molar-refractivity contribution is 6.31. The number of aryl methyl sites for hydroxylation is 1. The molecular formula is C9H8ClFO3. The summed E-state index contributed by atoms with van der Waals surface area (Å²) in [5.41, 5.74) is 0.165. The fourth-order valence-corrected chi connectivity index (χ4v) is 1.46.